The van der Waals surface area contributed by atoms with Gasteiger partial charge in [-0.1, -0.05) is 34.8 Å². The quantitative estimate of drug-likeness (QED) is 0.818. The predicted molar refractivity (Wildman–Crippen MR) is 54.5 cm³/mol. The molecule has 0 unspecified atom stereocenters. The first-order chi connectivity index (χ1) is 6.73. The number of rotatable bonds is 1. The van der Waals surface area contributed by atoms with Crippen LogP contribution in [0, 0.1) is 0 Å². The monoisotopic (exact) mass is 277 g/mol. The van der Waals surface area contributed by atoms with E-state index in [0.717, 1.165) is 12.1 Å². The fourth-order valence-electron chi connectivity index (χ4n) is 1.01. The van der Waals surface area contributed by atoms with Crippen LogP contribution < -0.4 is 5.73 Å². The summed E-state index contributed by atoms with van der Waals surface area (Å²) in [5, 5.41) is -0.238. The Balaban J connectivity index is 3.26. The first kappa shape index (κ1) is 12.9. The van der Waals surface area contributed by atoms with Crippen molar-refractivity contribution in [3.8, 4) is 0 Å². The smallest absolute Gasteiger partial charge is 0.316 e. The second kappa shape index (κ2) is 4.37. The van der Waals surface area contributed by atoms with Crippen molar-refractivity contribution < 1.29 is 13.2 Å². The third-order valence-electron chi connectivity index (χ3n) is 1.71. The van der Waals surface area contributed by atoms with E-state index in [-0.39, 0.29) is 20.6 Å². The van der Waals surface area contributed by atoms with Crippen LogP contribution in [-0.2, 0) is 0 Å². The lowest BCUT2D eigenvalue weighted by molar-refractivity contribution is -0.149. The third kappa shape index (κ3) is 2.91. The predicted octanol–water partition coefficient (Wildman–Crippen LogP) is 4.21. The second-order valence-electron chi connectivity index (χ2n) is 2.80. The van der Waals surface area contributed by atoms with Crippen molar-refractivity contribution in [2.24, 2.45) is 5.73 Å². The third-order valence-corrected chi connectivity index (χ3v) is 2.55. The highest BCUT2D eigenvalue weighted by atomic mass is 35.5. The van der Waals surface area contributed by atoms with E-state index < -0.39 is 12.2 Å². The van der Waals surface area contributed by atoms with Crippen LogP contribution >= 0.6 is 34.8 Å². The van der Waals surface area contributed by atoms with Gasteiger partial charge < -0.3 is 5.73 Å². The van der Waals surface area contributed by atoms with Gasteiger partial charge in [0.1, 0.15) is 6.04 Å². The topological polar surface area (TPSA) is 26.0 Å². The summed E-state index contributed by atoms with van der Waals surface area (Å²) in [5.41, 5.74) is 4.62. The Bertz CT molecular complexity index is 355. The van der Waals surface area contributed by atoms with Crippen LogP contribution in [0.25, 0.3) is 0 Å². The first-order valence-electron chi connectivity index (χ1n) is 3.70. The molecule has 84 valence electrons. The van der Waals surface area contributed by atoms with E-state index >= 15 is 0 Å². The van der Waals surface area contributed by atoms with E-state index in [2.05, 4.69) is 0 Å². The van der Waals surface area contributed by atoms with E-state index in [1.54, 1.807) is 0 Å². The van der Waals surface area contributed by atoms with Gasteiger partial charge in [0.2, 0.25) is 0 Å². The molecule has 0 spiro atoms. The molecule has 1 nitrogen and oxygen atoms in total. The number of alkyl halides is 3. The molecule has 7 heteroatoms. The molecule has 1 aromatic rings. The Hall–Kier alpha value is -0.160. The van der Waals surface area contributed by atoms with Crippen molar-refractivity contribution in [1.82, 2.24) is 0 Å². The van der Waals surface area contributed by atoms with Crippen LogP contribution in [0.1, 0.15) is 11.6 Å². The van der Waals surface area contributed by atoms with Crippen molar-refractivity contribution in [2.75, 3.05) is 0 Å². The molecule has 0 aliphatic carbocycles. The number of hydrogen-bond acceptors (Lipinski definition) is 1. The molecule has 0 aromatic heterocycles. The van der Waals surface area contributed by atoms with E-state index in [1.807, 2.05) is 0 Å². The minimum absolute atomic E-state index is 0.156. The van der Waals surface area contributed by atoms with Crippen LogP contribution in [0.4, 0.5) is 13.2 Å². The van der Waals surface area contributed by atoms with Crippen LogP contribution in [-0.4, -0.2) is 6.18 Å². The summed E-state index contributed by atoms with van der Waals surface area (Å²) in [6.07, 6.45) is -4.60. The van der Waals surface area contributed by atoms with Crippen molar-refractivity contribution in [3.63, 3.8) is 0 Å². The average Bonchev–Trinajstić information content (AvgIpc) is 1.99. The molecule has 0 heterocycles. The Kier molecular flexibility index (Phi) is 3.76. The summed E-state index contributed by atoms with van der Waals surface area (Å²) in [6.45, 7) is 0. The second-order valence-corrected chi connectivity index (χ2v) is 4.05. The van der Waals surface area contributed by atoms with Gasteiger partial charge in [-0.2, -0.15) is 13.2 Å². The van der Waals surface area contributed by atoms with Crippen LogP contribution in [0.5, 0.6) is 0 Å². The van der Waals surface area contributed by atoms with Crippen LogP contribution in [0.15, 0.2) is 12.1 Å². The largest absolute Gasteiger partial charge is 0.407 e. The van der Waals surface area contributed by atoms with Crippen LogP contribution in [0.2, 0.25) is 15.1 Å². The van der Waals surface area contributed by atoms with Crippen LogP contribution in [0.3, 0.4) is 0 Å². The molecular formula is C8H5Cl3F3N. The molecule has 0 fully saturated rings. The van der Waals surface area contributed by atoms with Gasteiger partial charge in [-0.25, -0.2) is 0 Å². The normalized spacial score (nSPS) is 14.1. The zero-order valence-electron chi connectivity index (χ0n) is 7.08. The van der Waals surface area contributed by atoms with Crippen molar-refractivity contribution >= 4 is 34.8 Å². The molecule has 15 heavy (non-hydrogen) atoms. The Morgan fingerprint density at radius 1 is 1.07 bits per heavy atom. The van der Waals surface area contributed by atoms with Gasteiger partial charge in [-0.3, -0.25) is 0 Å². The Labute approximate surface area is 98.9 Å². The van der Waals surface area contributed by atoms with E-state index in [4.69, 9.17) is 40.5 Å². The van der Waals surface area contributed by atoms with Crippen molar-refractivity contribution in [1.29, 1.82) is 0 Å². The maximum absolute atomic E-state index is 12.3. The molecule has 1 rings (SSSR count). The fourth-order valence-corrected chi connectivity index (χ4v) is 2.07. The summed E-state index contributed by atoms with van der Waals surface area (Å²) in [7, 11) is 0. The molecule has 0 aliphatic heterocycles. The summed E-state index contributed by atoms with van der Waals surface area (Å²) < 4.78 is 37.0. The van der Waals surface area contributed by atoms with Gasteiger partial charge in [-0.05, 0) is 12.1 Å². The standard InChI is InChI=1S/C8H5Cl3F3N/c9-3-1-4(10)6(5(11)2-3)7(15)8(12,13)14/h1-2,7H,15H2/t7-/m1/s1. The lowest BCUT2D eigenvalue weighted by atomic mass is 10.1. The van der Waals surface area contributed by atoms with E-state index in [1.165, 1.54) is 0 Å². The molecule has 1 aromatic carbocycles. The summed E-state index contributed by atoms with van der Waals surface area (Å²) in [4.78, 5) is 0. The van der Waals surface area contributed by atoms with E-state index in [0.29, 0.717) is 0 Å². The number of hydrogen-bond donors (Lipinski definition) is 1. The zero-order valence-corrected chi connectivity index (χ0v) is 9.34. The molecule has 2 N–H and O–H groups in total. The number of benzene rings is 1. The summed E-state index contributed by atoms with van der Waals surface area (Å²) in [6, 6.07) is 0.112. The van der Waals surface area contributed by atoms with Gasteiger partial charge in [0.15, 0.2) is 0 Å². The Morgan fingerprint density at radius 2 is 1.47 bits per heavy atom. The number of halogens is 6. The molecule has 0 amide bonds. The Morgan fingerprint density at radius 3 is 1.80 bits per heavy atom. The lowest BCUT2D eigenvalue weighted by Crippen LogP contribution is -2.29. The first-order valence-corrected chi connectivity index (χ1v) is 4.83. The fraction of sp³-hybridized carbons (Fsp3) is 0.250. The highest BCUT2D eigenvalue weighted by Crippen LogP contribution is 2.39. The molecule has 0 aliphatic rings. The van der Waals surface area contributed by atoms with Gasteiger partial charge in [0.05, 0.1) is 0 Å². The molecular weight excluding hydrogens is 273 g/mol. The van der Waals surface area contributed by atoms with Crippen molar-refractivity contribution in [3.05, 3.63) is 32.8 Å². The van der Waals surface area contributed by atoms with Gasteiger partial charge >= 0.3 is 6.18 Å². The minimum atomic E-state index is -4.60. The molecule has 1 atom stereocenters. The highest BCUT2D eigenvalue weighted by molar-refractivity contribution is 6.39. The zero-order chi connectivity index (χ0) is 11.8. The van der Waals surface area contributed by atoms with Gasteiger partial charge in [0.25, 0.3) is 0 Å². The molecule has 0 saturated carbocycles. The molecule has 0 bridgehead atoms. The molecule has 0 radical (unpaired) electrons. The van der Waals surface area contributed by atoms with Gasteiger partial charge in [0, 0.05) is 20.6 Å². The lowest BCUT2D eigenvalue weighted by Gasteiger charge is -2.18. The summed E-state index contributed by atoms with van der Waals surface area (Å²) in [5.74, 6) is 0. The highest BCUT2D eigenvalue weighted by Gasteiger charge is 2.40. The van der Waals surface area contributed by atoms with Crippen molar-refractivity contribution in [2.45, 2.75) is 12.2 Å². The maximum Gasteiger partial charge on any atom is 0.407 e. The maximum atomic E-state index is 12.3. The SMILES string of the molecule is N[C@H](c1c(Cl)cc(Cl)cc1Cl)C(F)(F)F. The number of nitrogens with two attached hydrogens (primary N) is 1. The molecule has 0 saturated heterocycles. The minimum Gasteiger partial charge on any atom is -0.316 e. The van der Waals surface area contributed by atoms with Gasteiger partial charge in [-0.15, -0.1) is 0 Å². The average molecular weight is 278 g/mol. The summed E-state index contributed by atoms with van der Waals surface area (Å²) >= 11 is 16.7. The van der Waals surface area contributed by atoms with E-state index in [9.17, 15) is 13.2 Å².